The Hall–Kier alpha value is -2.37. The van der Waals surface area contributed by atoms with E-state index in [0.717, 1.165) is 31.2 Å². The third kappa shape index (κ3) is 5.08. The summed E-state index contributed by atoms with van der Waals surface area (Å²) >= 11 is 0. The number of likely N-dealkylation sites (tertiary alicyclic amines) is 1. The highest BCUT2D eigenvalue weighted by atomic mass is 16.5. The van der Waals surface area contributed by atoms with Gasteiger partial charge in [-0.15, -0.1) is 6.58 Å². The molecule has 2 heterocycles. The van der Waals surface area contributed by atoms with Crippen molar-refractivity contribution < 1.29 is 19.1 Å². The van der Waals surface area contributed by atoms with E-state index in [1.165, 1.54) is 0 Å². The fourth-order valence-electron chi connectivity index (χ4n) is 3.51. The first-order valence-electron chi connectivity index (χ1n) is 9.52. The van der Waals surface area contributed by atoms with E-state index in [1.807, 2.05) is 19.1 Å². The zero-order valence-corrected chi connectivity index (χ0v) is 16.6. The number of esters is 1. The van der Waals surface area contributed by atoms with Crippen molar-refractivity contribution in [3.8, 4) is 5.88 Å². The van der Waals surface area contributed by atoms with E-state index in [0.29, 0.717) is 19.0 Å². The summed E-state index contributed by atoms with van der Waals surface area (Å²) in [5.41, 5.74) is 0.458. The molecule has 0 aliphatic carbocycles. The molecule has 0 N–H and O–H groups in total. The monoisotopic (exact) mass is 374 g/mol. The predicted octanol–water partition coefficient (Wildman–Crippen LogP) is 3.68. The number of unbranched alkanes of at least 4 members (excludes halogenated alkanes) is 2. The number of nitrogens with zero attached hydrogens (tertiary/aromatic N) is 2. The number of β-lactam (4-membered cyclic amide) rings is 1. The summed E-state index contributed by atoms with van der Waals surface area (Å²) in [6, 6.07) is 3.23. The van der Waals surface area contributed by atoms with E-state index in [1.54, 1.807) is 31.2 Å². The number of carbonyl (C=O) groups is 2. The fourth-order valence-corrected chi connectivity index (χ4v) is 3.51. The molecule has 6 nitrogen and oxygen atoms in total. The Morgan fingerprint density at radius 3 is 2.78 bits per heavy atom. The van der Waals surface area contributed by atoms with Gasteiger partial charge in [0.15, 0.2) is 0 Å². The molecule has 6 heteroatoms. The van der Waals surface area contributed by atoms with Gasteiger partial charge in [-0.3, -0.25) is 9.59 Å². The number of pyridine rings is 1. The van der Waals surface area contributed by atoms with E-state index >= 15 is 0 Å². The number of carbonyl (C=O) groups excluding carboxylic acids is 2. The summed E-state index contributed by atoms with van der Waals surface area (Å²) in [5.74, 6) is 0.271. The van der Waals surface area contributed by atoms with Gasteiger partial charge in [0.25, 0.3) is 0 Å². The average Bonchev–Trinajstić information content (AvgIpc) is 2.68. The van der Waals surface area contributed by atoms with Crippen LogP contribution in [0, 0.1) is 5.41 Å². The molecule has 1 aliphatic rings. The van der Waals surface area contributed by atoms with Crippen LogP contribution in [0.1, 0.15) is 57.6 Å². The summed E-state index contributed by atoms with van der Waals surface area (Å²) in [7, 11) is 1.55. The Kier molecular flexibility index (Phi) is 7.39. The maximum Gasteiger partial charge on any atom is 0.308 e. The second-order valence-electron chi connectivity index (χ2n) is 7.19. The molecule has 0 spiro atoms. The Bertz CT molecular complexity index is 659. The van der Waals surface area contributed by atoms with E-state index < -0.39 is 0 Å². The first-order valence-corrected chi connectivity index (χ1v) is 9.52. The highest BCUT2D eigenvalue weighted by Crippen LogP contribution is 2.43. The molecule has 2 atom stereocenters. The smallest absolute Gasteiger partial charge is 0.308 e. The van der Waals surface area contributed by atoms with Gasteiger partial charge in [-0.25, -0.2) is 4.98 Å². The van der Waals surface area contributed by atoms with Crippen LogP contribution in [0.15, 0.2) is 31.0 Å². The zero-order chi connectivity index (χ0) is 19.9. The maximum absolute atomic E-state index is 12.9. The largest absolute Gasteiger partial charge is 0.481 e. The van der Waals surface area contributed by atoms with E-state index in [2.05, 4.69) is 11.6 Å². The summed E-state index contributed by atoms with van der Waals surface area (Å²) in [6.45, 7) is 8.47. The van der Waals surface area contributed by atoms with Crippen molar-refractivity contribution in [3.63, 3.8) is 0 Å². The van der Waals surface area contributed by atoms with E-state index in [4.69, 9.17) is 9.47 Å². The van der Waals surface area contributed by atoms with Crippen molar-refractivity contribution in [1.82, 2.24) is 9.88 Å². The lowest BCUT2D eigenvalue weighted by atomic mass is 9.74. The minimum absolute atomic E-state index is 0.0891. The molecular weight excluding hydrogens is 344 g/mol. The molecule has 0 aromatic carbocycles. The van der Waals surface area contributed by atoms with Crippen molar-refractivity contribution in [2.24, 2.45) is 5.41 Å². The Balaban J connectivity index is 2.10. The van der Waals surface area contributed by atoms with Gasteiger partial charge in [-0.1, -0.05) is 18.6 Å². The molecular formula is C21H30N2O4. The normalized spacial score (nSPS) is 20.0. The fraction of sp³-hybridized carbons (Fsp3) is 0.571. The number of aromatic nitrogens is 1. The molecule has 2 unspecified atom stereocenters. The summed E-state index contributed by atoms with van der Waals surface area (Å²) < 4.78 is 10.2. The molecule has 1 aliphatic heterocycles. The predicted molar refractivity (Wildman–Crippen MR) is 103 cm³/mol. The third-order valence-electron chi connectivity index (χ3n) is 5.08. The molecule has 1 fully saturated rings. The van der Waals surface area contributed by atoms with Crippen LogP contribution in [0.5, 0.6) is 5.88 Å². The molecule has 0 saturated carbocycles. The van der Waals surface area contributed by atoms with Crippen LogP contribution in [0.4, 0.5) is 0 Å². The topological polar surface area (TPSA) is 68.7 Å². The number of hydrogen-bond acceptors (Lipinski definition) is 5. The number of ether oxygens (including phenoxy) is 2. The minimum atomic E-state index is -0.365. The van der Waals surface area contributed by atoms with Crippen LogP contribution in [0.2, 0.25) is 0 Å². The second kappa shape index (κ2) is 9.53. The number of amides is 1. The zero-order valence-electron chi connectivity index (χ0n) is 16.6. The van der Waals surface area contributed by atoms with Crippen LogP contribution in [0.25, 0.3) is 0 Å². The van der Waals surface area contributed by atoms with Crippen molar-refractivity contribution >= 4 is 11.9 Å². The van der Waals surface area contributed by atoms with Crippen molar-refractivity contribution in [1.29, 1.82) is 0 Å². The lowest BCUT2D eigenvalue weighted by molar-refractivity contribution is -0.166. The van der Waals surface area contributed by atoms with Crippen LogP contribution in [0.3, 0.4) is 0 Å². The van der Waals surface area contributed by atoms with Gasteiger partial charge in [0.1, 0.15) is 0 Å². The van der Waals surface area contributed by atoms with Crippen molar-refractivity contribution in [2.45, 2.75) is 52.0 Å². The molecule has 0 bridgehead atoms. The first-order chi connectivity index (χ1) is 12.9. The van der Waals surface area contributed by atoms with Crippen LogP contribution >= 0.6 is 0 Å². The molecule has 1 saturated heterocycles. The van der Waals surface area contributed by atoms with Gasteiger partial charge in [-0.2, -0.15) is 0 Å². The van der Waals surface area contributed by atoms with Gasteiger partial charge in [0.2, 0.25) is 11.8 Å². The highest BCUT2D eigenvalue weighted by molar-refractivity contribution is 5.89. The Morgan fingerprint density at radius 1 is 1.44 bits per heavy atom. The summed E-state index contributed by atoms with van der Waals surface area (Å²) in [5, 5.41) is 0. The maximum atomic E-state index is 12.9. The third-order valence-corrected chi connectivity index (χ3v) is 5.08. The van der Waals surface area contributed by atoms with Crippen molar-refractivity contribution in [2.75, 3.05) is 20.3 Å². The van der Waals surface area contributed by atoms with E-state index in [-0.39, 0.29) is 29.8 Å². The highest BCUT2D eigenvalue weighted by Gasteiger charge is 2.50. The van der Waals surface area contributed by atoms with Gasteiger partial charge in [0, 0.05) is 18.8 Å². The number of rotatable bonds is 11. The minimum Gasteiger partial charge on any atom is -0.481 e. The molecule has 2 rings (SSSR count). The van der Waals surface area contributed by atoms with E-state index in [9.17, 15) is 9.59 Å². The lowest BCUT2D eigenvalue weighted by Gasteiger charge is -2.50. The SMILES string of the molecule is C=CCCCCC1(C)CN(C(CC(=O)OCC)c2ccc(OC)nc2)C1=O. The first kappa shape index (κ1) is 20.9. The number of hydrogen-bond donors (Lipinski definition) is 0. The van der Waals surface area contributed by atoms with Crippen LogP contribution in [-0.2, 0) is 14.3 Å². The lowest BCUT2D eigenvalue weighted by Crippen LogP contribution is -2.61. The quantitative estimate of drug-likeness (QED) is 0.256. The van der Waals surface area contributed by atoms with Gasteiger partial charge < -0.3 is 14.4 Å². The molecule has 27 heavy (non-hydrogen) atoms. The second-order valence-corrected chi connectivity index (χ2v) is 7.19. The molecule has 148 valence electrons. The van der Waals surface area contributed by atoms with Crippen LogP contribution in [-0.4, -0.2) is 42.0 Å². The average molecular weight is 374 g/mol. The molecule has 0 radical (unpaired) electrons. The molecule has 1 amide bonds. The standard InChI is InChI=1S/C21H30N2O4/c1-5-7-8-9-12-21(3)15-23(20(21)25)17(13-19(24)27-6-2)16-10-11-18(26-4)22-14-16/h5,10-11,14,17H,1,6-9,12-13,15H2,2-4H3. The van der Waals surface area contributed by atoms with Gasteiger partial charge in [-0.05, 0) is 38.7 Å². The number of allylic oxidation sites excluding steroid dienone is 1. The van der Waals surface area contributed by atoms with Crippen LogP contribution < -0.4 is 4.74 Å². The van der Waals surface area contributed by atoms with Crippen molar-refractivity contribution in [3.05, 3.63) is 36.5 Å². The number of methoxy groups -OCH3 is 1. The van der Waals surface area contributed by atoms with Gasteiger partial charge >= 0.3 is 5.97 Å². The molecule has 1 aromatic heterocycles. The Labute approximate surface area is 161 Å². The van der Waals surface area contributed by atoms with Gasteiger partial charge in [0.05, 0.1) is 31.6 Å². The molecule has 1 aromatic rings. The Morgan fingerprint density at radius 2 is 2.22 bits per heavy atom. The summed E-state index contributed by atoms with van der Waals surface area (Å²) in [4.78, 5) is 31.0. The summed E-state index contributed by atoms with van der Waals surface area (Å²) in [6.07, 6.45) is 7.55.